The van der Waals surface area contributed by atoms with E-state index in [0.29, 0.717) is 0 Å². The number of nitrogens with zero attached hydrogens (tertiary/aromatic N) is 2. The Morgan fingerprint density at radius 3 is 2.23 bits per heavy atom. The summed E-state index contributed by atoms with van der Waals surface area (Å²) < 4.78 is 0. The van der Waals surface area contributed by atoms with E-state index in [4.69, 9.17) is 0 Å². The van der Waals surface area contributed by atoms with Gasteiger partial charge < -0.3 is 4.90 Å². The molecule has 2 atom stereocenters. The van der Waals surface area contributed by atoms with E-state index in [9.17, 15) is 0 Å². The van der Waals surface area contributed by atoms with Crippen LogP contribution in [0.2, 0.25) is 0 Å². The average Bonchev–Trinajstić information content (AvgIpc) is 2.49. The van der Waals surface area contributed by atoms with Crippen molar-refractivity contribution in [2.24, 2.45) is 0 Å². The van der Waals surface area contributed by atoms with Gasteiger partial charge in [0.2, 0.25) is 0 Å². The highest BCUT2D eigenvalue weighted by Crippen LogP contribution is 2.24. The van der Waals surface area contributed by atoms with Crippen molar-refractivity contribution in [2.45, 2.75) is 44.7 Å². The third-order valence-electron chi connectivity index (χ3n) is 3.89. The van der Waals surface area contributed by atoms with Crippen molar-refractivity contribution in [3.05, 3.63) is 0 Å². The number of hydrogen-bond acceptors (Lipinski definition) is 2. The molecule has 2 aliphatic rings. The monoisotopic (exact) mass is 182 g/mol. The van der Waals surface area contributed by atoms with Gasteiger partial charge in [-0.05, 0) is 52.9 Å². The van der Waals surface area contributed by atoms with E-state index in [1.165, 1.54) is 45.3 Å². The molecule has 13 heavy (non-hydrogen) atoms. The van der Waals surface area contributed by atoms with E-state index < -0.39 is 0 Å². The maximum absolute atomic E-state index is 2.72. The van der Waals surface area contributed by atoms with Crippen LogP contribution in [0.5, 0.6) is 0 Å². The molecule has 2 aliphatic heterocycles. The fourth-order valence-electron chi connectivity index (χ4n) is 2.81. The van der Waals surface area contributed by atoms with E-state index in [1.54, 1.807) is 0 Å². The Labute approximate surface area is 81.9 Å². The summed E-state index contributed by atoms with van der Waals surface area (Å²) in [7, 11) is 2.26. The summed E-state index contributed by atoms with van der Waals surface area (Å²) in [4.78, 5) is 5.22. The fourth-order valence-corrected chi connectivity index (χ4v) is 2.81. The maximum Gasteiger partial charge on any atom is 0.0260 e. The predicted molar refractivity (Wildman–Crippen MR) is 55.9 cm³/mol. The summed E-state index contributed by atoms with van der Waals surface area (Å²) >= 11 is 0. The molecule has 2 heterocycles. The molecule has 0 radical (unpaired) electrons. The van der Waals surface area contributed by atoms with Gasteiger partial charge in [0.05, 0.1) is 0 Å². The summed E-state index contributed by atoms with van der Waals surface area (Å²) in [5.74, 6) is 0. The summed E-state index contributed by atoms with van der Waals surface area (Å²) in [5, 5.41) is 0. The van der Waals surface area contributed by atoms with Gasteiger partial charge in [0.25, 0.3) is 0 Å². The SMILES string of the molecule is CC1C(N2CCCCC2)CCN1C. The fraction of sp³-hybridized carbons (Fsp3) is 1.00. The molecule has 0 aliphatic carbocycles. The van der Waals surface area contributed by atoms with Crippen molar-refractivity contribution in [3.63, 3.8) is 0 Å². The Morgan fingerprint density at radius 1 is 1.00 bits per heavy atom. The second kappa shape index (κ2) is 3.97. The first-order valence-corrected chi connectivity index (χ1v) is 5.73. The van der Waals surface area contributed by atoms with Crippen LogP contribution in [0.15, 0.2) is 0 Å². The largest absolute Gasteiger partial charge is 0.302 e. The van der Waals surface area contributed by atoms with Crippen molar-refractivity contribution in [1.29, 1.82) is 0 Å². The summed E-state index contributed by atoms with van der Waals surface area (Å²) in [6.07, 6.45) is 5.69. The minimum absolute atomic E-state index is 0.776. The van der Waals surface area contributed by atoms with E-state index in [2.05, 4.69) is 23.8 Å². The van der Waals surface area contributed by atoms with Crippen LogP contribution in [-0.4, -0.2) is 48.6 Å². The topological polar surface area (TPSA) is 6.48 Å². The minimum atomic E-state index is 0.776. The van der Waals surface area contributed by atoms with Crippen LogP contribution in [0.25, 0.3) is 0 Å². The molecule has 0 aromatic rings. The quantitative estimate of drug-likeness (QED) is 0.607. The third-order valence-corrected chi connectivity index (χ3v) is 3.89. The summed E-state index contributed by atoms with van der Waals surface area (Å²) in [5.41, 5.74) is 0. The Kier molecular flexibility index (Phi) is 2.89. The number of likely N-dealkylation sites (N-methyl/N-ethyl adjacent to an activating group) is 1. The van der Waals surface area contributed by atoms with E-state index in [0.717, 1.165) is 12.1 Å². The Bertz CT molecular complexity index is 163. The molecule has 76 valence electrons. The molecule has 0 N–H and O–H groups in total. The van der Waals surface area contributed by atoms with Gasteiger partial charge in [0, 0.05) is 12.1 Å². The first kappa shape index (κ1) is 9.47. The Morgan fingerprint density at radius 2 is 1.69 bits per heavy atom. The van der Waals surface area contributed by atoms with Gasteiger partial charge in [-0.15, -0.1) is 0 Å². The highest BCUT2D eigenvalue weighted by atomic mass is 15.3. The zero-order chi connectivity index (χ0) is 9.26. The molecule has 2 rings (SSSR count). The summed E-state index contributed by atoms with van der Waals surface area (Å²) in [6, 6.07) is 1.63. The number of rotatable bonds is 1. The molecule has 0 bridgehead atoms. The Hall–Kier alpha value is -0.0800. The zero-order valence-corrected chi connectivity index (χ0v) is 9.00. The van der Waals surface area contributed by atoms with E-state index in [-0.39, 0.29) is 0 Å². The maximum atomic E-state index is 2.72. The third kappa shape index (κ3) is 1.89. The van der Waals surface area contributed by atoms with Crippen LogP contribution in [0.4, 0.5) is 0 Å². The van der Waals surface area contributed by atoms with Crippen LogP contribution < -0.4 is 0 Å². The molecule has 2 fully saturated rings. The molecular weight excluding hydrogens is 160 g/mol. The second-order valence-electron chi connectivity index (χ2n) is 4.67. The normalized spacial score (nSPS) is 38.3. The van der Waals surface area contributed by atoms with Crippen LogP contribution in [0.1, 0.15) is 32.6 Å². The number of hydrogen-bond donors (Lipinski definition) is 0. The highest BCUT2D eigenvalue weighted by molar-refractivity contribution is 4.90. The highest BCUT2D eigenvalue weighted by Gasteiger charge is 2.32. The molecule has 0 amide bonds. The summed E-state index contributed by atoms with van der Waals surface area (Å²) in [6.45, 7) is 6.38. The zero-order valence-electron chi connectivity index (χ0n) is 9.00. The van der Waals surface area contributed by atoms with Gasteiger partial charge in [0.1, 0.15) is 0 Å². The Balaban J connectivity index is 1.92. The predicted octanol–water partition coefficient (Wildman–Crippen LogP) is 1.56. The molecule has 0 saturated carbocycles. The van der Waals surface area contributed by atoms with Gasteiger partial charge in [-0.1, -0.05) is 6.42 Å². The number of likely N-dealkylation sites (tertiary alicyclic amines) is 2. The van der Waals surface area contributed by atoms with Gasteiger partial charge in [-0.3, -0.25) is 4.90 Å². The molecule has 0 aromatic heterocycles. The molecule has 2 unspecified atom stereocenters. The lowest BCUT2D eigenvalue weighted by molar-refractivity contribution is 0.135. The lowest BCUT2D eigenvalue weighted by Gasteiger charge is -2.35. The van der Waals surface area contributed by atoms with Crippen molar-refractivity contribution >= 4 is 0 Å². The van der Waals surface area contributed by atoms with E-state index >= 15 is 0 Å². The lowest BCUT2D eigenvalue weighted by Crippen LogP contribution is -2.45. The molecule has 0 aromatic carbocycles. The second-order valence-corrected chi connectivity index (χ2v) is 4.67. The molecule has 2 saturated heterocycles. The molecule has 2 nitrogen and oxygen atoms in total. The van der Waals surface area contributed by atoms with Gasteiger partial charge in [0.15, 0.2) is 0 Å². The molecular formula is C11H22N2. The molecule has 2 heteroatoms. The first-order chi connectivity index (χ1) is 6.29. The van der Waals surface area contributed by atoms with Crippen molar-refractivity contribution in [1.82, 2.24) is 9.80 Å². The van der Waals surface area contributed by atoms with Crippen LogP contribution in [0.3, 0.4) is 0 Å². The first-order valence-electron chi connectivity index (χ1n) is 5.73. The van der Waals surface area contributed by atoms with Crippen molar-refractivity contribution < 1.29 is 0 Å². The van der Waals surface area contributed by atoms with Gasteiger partial charge in [-0.2, -0.15) is 0 Å². The van der Waals surface area contributed by atoms with E-state index in [1.807, 2.05) is 0 Å². The number of piperidine rings is 1. The van der Waals surface area contributed by atoms with Crippen LogP contribution >= 0.6 is 0 Å². The van der Waals surface area contributed by atoms with Crippen LogP contribution in [-0.2, 0) is 0 Å². The van der Waals surface area contributed by atoms with Gasteiger partial charge in [-0.25, -0.2) is 0 Å². The standard InChI is InChI=1S/C11H22N2/c1-10-11(6-9-12(10)2)13-7-4-3-5-8-13/h10-11H,3-9H2,1-2H3. The van der Waals surface area contributed by atoms with Crippen LogP contribution in [0, 0.1) is 0 Å². The smallest absolute Gasteiger partial charge is 0.0260 e. The molecule has 0 spiro atoms. The van der Waals surface area contributed by atoms with Gasteiger partial charge >= 0.3 is 0 Å². The lowest BCUT2D eigenvalue weighted by atomic mass is 10.0. The van der Waals surface area contributed by atoms with Crippen molar-refractivity contribution in [2.75, 3.05) is 26.7 Å². The van der Waals surface area contributed by atoms with Crippen molar-refractivity contribution in [3.8, 4) is 0 Å². The minimum Gasteiger partial charge on any atom is -0.302 e. The average molecular weight is 182 g/mol.